The Hall–Kier alpha value is -2.57. The van der Waals surface area contributed by atoms with Gasteiger partial charge in [0, 0.05) is 0 Å². The number of hydrogen-bond acceptors (Lipinski definition) is 5. The van der Waals surface area contributed by atoms with Crippen molar-refractivity contribution in [2.24, 2.45) is 5.73 Å². The molecule has 0 bridgehead atoms. The molecule has 0 saturated heterocycles. The van der Waals surface area contributed by atoms with Gasteiger partial charge >= 0.3 is 12.0 Å². The lowest BCUT2D eigenvalue weighted by Gasteiger charge is -2.06. The number of rotatable bonds is 6. The fraction of sp³-hybridized carbons (Fsp3) is 0.250. The monoisotopic (exact) mass is 266 g/mol. The topological polar surface area (TPSA) is 108 Å². The van der Waals surface area contributed by atoms with Crippen molar-refractivity contribution in [3.63, 3.8) is 0 Å². The van der Waals surface area contributed by atoms with E-state index in [2.05, 4.69) is 4.74 Å². The van der Waals surface area contributed by atoms with Crippen molar-refractivity contribution in [3.05, 3.63) is 30.3 Å². The SMILES string of the molecule is NC(=O)NC(=O)COC(=O)CCOc1ccccc1. The van der Waals surface area contributed by atoms with E-state index >= 15 is 0 Å². The quantitative estimate of drug-likeness (QED) is 0.715. The number of nitrogens with two attached hydrogens (primary N) is 1. The summed E-state index contributed by atoms with van der Waals surface area (Å²) in [6, 6.07) is 7.98. The number of hydrogen-bond donors (Lipinski definition) is 2. The molecule has 7 nitrogen and oxygen atoms in total. The maximum absolute atomic E-state index is 11.2. The standard InChI is InChI=1S/C12H14N2O5/c13-12(17)14-10(15)8-19-11(16)6-7-18-9-4-2-1-3-5-9/h1-5H,6-8H2,(H3,13,14,15,17). The second-order valence-corrected chi connectivity index (χ2v) is 3.48. The van der Waals surface area contributed by atoms with Crippen LogP contribution in [0.3, 0.4) is 0 Å². The van der Waals surface area contributed by atoms with Gasteiger partial charge in [0.05, 0.1) is 13.0 Å². The second-order valence-electron chi connectivity index (χ2n) is 3.48. The number of ether oxygens (including phenoxy) is 2. The minimum absolute atomic E-state index is 0.00124. The van der Waals surface area contributed by atoms with Crippen molar-refractivity contribution in [1.29, 1.82) is 0 Å². The number of para-hydroxylation sites is 1. The first kappa shape index (κ1) is 14.5. The highest BCUT2D eigenvalue weighted by molar-refractivity contribution is 5.94. The van der Waals surface area contributed by atoms with Gasteiger partial charge in [-0.2, -0.15) is 0 Å². The molecule has 19 heavy (non-hydrogen) atoms. The number of benzene rings is 1. The van der Waals surface area contributed by atoms with E-state index in [1.807, 2.05) is 18.2 Å². The normalized spacial score (nSPS) is 9.47. The highest BCUT2D eigenvalue weighted by Crippen LogP contribution is 2.08. The number of urea groups is 1. The number of carbonyl (C=O) groups excluding carboxylic acids is 3. The molecule has 1 rings (SSSR count). The Morgan fingerprint density at radius 3 is 2.47 bits per heavy atom. The van der Waals surface area contributed by atoms with Crippen molar-refractivity contribution >= 4 is 17.9 Å². The van der Waals surface area contributed by atoms with Crippen molar-refractivity contribution in [2.75, 3.05) is 13.2 Å². The molecule has 0 atom stereocenters. The molecule has 0 aromatic heterocycles. The summed E-state index contributed by atoms with van der Waals surface area (Å²) >= 11 is 0. The van der Waals surface area contributed by atoms with E-state index < -0.39 is 24.5 Å². The maximum atomic E-state index is 11.2. The largest absolute Gasteiger partial charge is 0.493 e. The van der Waals surface area contributed by atoms with Crippen LogP contribution in [-0.2, 0) is 14.3 Å². The predicted molar refractivity (Wildman–Crippen MR) is 65.2 cm³/mol. The Labute approximate surface area is 109 Å². The zero-order valence-electron chi connectivity index (χ0n) is 10.1. The molecule has 0 aliphatic carbocycles. The lowest BCUT2D eigenvalue weighted by Crippen LogP contribution is -2.37. The van der Waals surface area contributed by atoms with Gasteiger partial charge in [0.2, 0.25) is 0 Å². The van der Waals surface area contributed by atoms with Gasteiger partial charge in [-0.15, -0.1) is 0 Å². The average Bonchev–Trinajstić information content (AvgIpc) is 2.37. The van der Waals surface area contributed by atoms with Crippen LogP contribution in [-0.4, -0.2) is 31.1 Å². The summed E-state index contributed by atoms with van der Waals surface area (Å²) in [7, 11) is 0. The number of primary amides is 1. The molecule has 0 aliphatic heterocycles. The molecule has 1 aromatic carbocycles. The Morgan fingerprint density at radius 2 is 1.84 bits per heavy atom. The molecule has 0 aliphatic rings. The lowest BCUT2D eigenvalue weighted by atomic mass is 10.3. The highest BCUT2D eigenvalue weighted by atomic mass is 16.5. The van der Waals surface area contributed by atoms with E-state index in [1.54, 1.807) is 17.4 Å². The first-order chi connectivity index (χ1) is 9.08. The molecule has 1 aromatic rings. The third-order valence-electron chi connectivity index (χ3n) is 1.94. The van der Waals surface area contributed by atoms with Gasteiger partial charge in [0.15, 0.2) is 6.61 Å². The van der Waals surface area contributed by atoms with Crippen molar-refractivity contribution in [1.82, 2.24) is 5.32 Å². The number of imide groups is 1. The molecule has 0 saturated carbocycles. The smallest absolute Gasteiger partial charge is 0.318 e. The first-order valence-electron chi connectivity index (χ1n) is 5.50. The van der Waals surface area contributed by atoms with Gasteiger partial charge < -0.3 is 15.2 Å². The summed E-state index contributed by atoms with van der Waals surface area (Å²) in [6.07, 6.45) is -0.00124. The van der Waals surface area contributed by atoms with E-state index in [4.69, 9.17) is 10.5 Å². The van der Waals surface area contributed by atoms with Crippen LogP contribution in [0.1, 0.15) is 6.42 Å². The van der Waals surface area contributed by atoms with E-state index in [0.29, 0.717) is 5.75 Å². The van der Waals surface area contributed by atoms with E-state index in [9.17, 15) is 14.4 Å². The molecule has 0 heterocycles. The molecule has 102 valence electrons. The molecular formula is C12H14N2O5. The fourth-order valence-electron chi connectivity index (χ4n) is 1.16. The number of nitrogens with one attached hydrogen (secondary N) is 1. The molecule has 0 unspecified atom stereocenters. The molecule has 0 fully saturated rings. The molecule has 7 heteroatoms. The van der Waals surface area contributed by atoms with Crippen molar-refractivity contribution in [2.45, 2.75) is 6.42 Å². The lowest BCUT2D eigenvalue weighted by molar-refractivity contribution is -0.148. The Morgan fingerprint density at radius 1 is 1.16 bits per heavy atom. The van der Waals surface area contributed by atoms with Crippen molar-refractivity contribution in [3.8, 4) is 5.75 Å². The third-order valence-corrected chi connectivity index (χ3v) is 1.94. The number of amides is 3. The summed E-state index contributed by atoms with van der Waals surface area (Å²) in [5.41, 5.74) is 4.71. The van der Waals surface area contributed by atoms with E-state index in [0.717, 1.165) is 0 Å². The summed E-state index contributed by atoms with van der Waals surface area (Å²) in [6.45, 7) is -0.409. The van der Waals surface area contributed by atoms with Crippen LogP contribution in [0.4, 0.5) is 4.79 Å². The number of carbonyl (C=O) groups is 3. The Bertz CT molecular complexity index is 447. The van der Waals surface area contributed by atoms with Gasteiger partial charge in [-0.25, -0.2) is 4.79 Å². The summed E-state index contributed by atoms with van der Waals surface area (Å²) in [4.78, 5) is 32.5. The molecular weight excluding hydrogens is 252 g/mol. The Balaban J connectivity index is 2.15. The molecule has 0 spiro atoms. The van der Waals surface area contributed by atoms with Crippen LogP contribution in [0.15, 0.2) is 30.3 Å². The summed E-state index contributed by atoms with van der Waals surface area (Å²) in [5, 5.41) is 1.77. The van der Waals surface area contributed by atoms with Gasteiger partial charge in [0.1, 0.15) is 5.75 Å². The van der Waals surface area contributed by atoms with Gasteiger partial charge in [0.25, 0.3) is 5.91 Å². The highest BCUT2D eigenvalue weighted by Gasteiger charge is 2.09. The van der Waals surface area contributed by atoms with Crippen LogP contribution in [0.5, 0.6) is 5.75 Å². The summed E-state index contributed by atoms with van der Waals surface area (Å²) < 4.78 is 9.88. The molecule has 0 radical (unpaired) electrons. The zero-order valence-corrected chi connectivity index (χ0v) is 10.1. The van der Waals surface area contributed by atoms with Crippen LogP contribution >= 0.6 is 0 Å². The summed E-state index contributed by atoms with van der Waals surface area (Å²) in [5.74, 6) is -0.734. The molecule has 3 N–H and O–H groups in total. The van der Waals surface area contributed by atoms with Crippen LogP contribution in [0.25, 0.3) is 0 Å². The maximum Gasteiger partial charge on any atom is 0.318 e. The van der Waals surface area contributed by atoms with Crippen LogP contribution in [0, 0.1) is 0 Å². The molecule has 3 amide bonds. The van der Waals surface area contributed by atoms with Gasteiger partial charge in [-0.1, -0.05) is 18.2 Å². The van der Waals surface area contributed by atoms with Crippen LogP contribution in [0.2, 0.25) is 0 Å². The fourth-order valence-corrected chi connectivity index (χ4v) is 1.16. The Kier molecular flexibility index (Phi) is 5.87. The predicted octanol–water partition coefficient (Wildman–Crippen LogP) is 0.194. The van der Waals surface area contributed by atoms with Gasteiger partial charge in [-0.3, -0.25) is 14.9 Å². The van der Waals surface area contributed by atoms with Gasteiger partial charge in [-0.05, 0) is 12.1 Å². The van der Waals surface area contributed by atoms with E-state index in [-0.39, 0.29) is 13.0 Å². The van der Waals surface area contributed by atoms with E-state index in [1.165, 1.54) is 0 Å². The minimum Gasteiger partial charge on any atom is -0.493 e. The average molecular weight is 266 g/mol. The van der Waals surface area contributed by atoms with Crippen molar-refractivity contribution < 1.29 is 23.9 Å². The first-order valence-corrected chi connectivity index (χ1v) is 5.50. The minimum atomic E-state index is -0.992. The zero-order chi connectivity index (χ0) is 14.1. The number of esters is 1. The van der Waals surface area contributed by atoms with Crippen LogP contribution < -0.4 is 15.8 Å². The third kappa shape index (κ3) is 6.67. The second kappa shape index (κ2) is 7.70.